The lowest BCUT2D eigenvalue weighted by molar-refractivity contribution is -0.119. The lowest BCUT2D eigenvalue weighted by Crippen LogP contribution is -2.25. The number of benzene rings is 2. The summed E-state index contributed by atoms with van der Waals surface area (Å²) in [6, 6.07) is 10.1. The van der Waals surface area contributed by atoms with Gasteiger partial charge in [-0.05, 0) is 48.4 Å². The Morgan fingerprint density at radius 1 is 1.15 bits per heavy atom. The van der Waals surface area contributed by atoms with Crippen molar-refractivity contribution in [1.29, 1.82) is 0 Å². The Bertz CT molecular complexity index is 839. The van der Waals surface area contributed by atoms with E-state index >= 15 is 0 Å². The van der Waals surface area contributed by atoms with Crippen LogP contribution in [0.4, 0.5) is 0 Å². The summed E-state index contributed by atoms with van der Waals surface area (Å²) >= 11 is 6.21. The van der Waals surface area contributed by atoms with Gasteiger partial charge in [-0.1, -0.05) is 11.6 Å². The largest absolute Gasteiger partial charge is 0.486 e. The van der Waals surface area contributed by atoms with E-state index in [1.807, 2.05) is 12.1 Å². The van der Waals surface area contributed by atoms with E-state index in [-0.39, 0.29) is 12.5 Å². The number of nitrogens with two attached hydrogens (primary N) is 1. The molecule has 2 amide bonds. The van der Waals surface area contributed by atoms with Crippen molar-refractivity contribution in [3.8, 4) is 17.2 Å². The Morgan fingerprint density at radius 2 is 1.89 bits per heavy atom. The molecule has 1 aliphatic rings. The number of rotatable bonds is 7. The molecule has 142 valence electrons. The van der Waals surface area contributed by atoms with Crippen molar-refractivity contribution in [1.82, 2.24) is 5.32 Å². The highest BCUT2D eigenvalue weighted by Crippen LogP contribution is 2.38. The molecule has 0 fully saturated rings. The maximum atomic E-state index is 12.2. The highest BCUT2D eigenvalue weighted by Gasteiger charge is 2.16. The van der Waals surface area contributed by atoms with Crippen molar-refractivity contribution in [2.75, 3.05) is 26.4 Å². The monoisotopic (exact) mass is 390 g/mol. The van der Waals surface area contributed by atoms with Gasteiger partial charge in [-0.3, -0.25) is 9.59 Å². The van der Waals surface area contributed by atoms with E-state index in [0.29, 0.717) is 54.0 Å². The average Bonchev–Trinajstić information content (AvgIpc) is 2.67. The first kappa shape index (κ1) is 18.8. The molecule has 0 unspecified atom stereocenters. The van der Waals surface area contributed by atoms with Gasteiger partial charge in [0.1, 0.15) is 19.0 Å². The molecule has 27 heavy (non-hydrogen) atoms. The van der Waals surface area contributed by atoms with E-state index in [1.165, 1.54) is 0 Å². The molecule has 2 aromatic carbocycles. The molecule has 0 aromatic heterocycles. The summed E-state index contributed by atoms with van der Waals surface area (Å²) in [7, 11) is 0. The normalized spacial score (nSPS) is 12.3. The van der Waals surface area contributed by atoms with Crippen LogP contribution in [0, 0.1) is 0 Å². The van der Waals surface area contributed by atoms with Crippen LogP contribution in [0.1, 0.15) is 15.9 Å². The molecule has 3 N–H and O–H groups in total. The minimum Gasteiger partial charge on any atom is -0.486 e. The van der Waals surface area contributed by atoms with Gasteiger partial charge in [0.2, 0.25) is 0 Å². The zero-order chi connectivity index (χ0) is 19.2. The summed E-state index contributed by atoms with van der Waals surface area (Å²) in [4.78, 5) is 22.9. The van der Waals surface area contributed by atoms with Crippen LogP contribution in [-0.2, 0) is 11.2 Å². The molecular weight excluding hydrogens is 372 g/mol. The second kappa shape index (κ2) is 8.64. The minimum absolute atomic E-state index is 0.205. The van der Waals surface area contributed by atoms with Crippen LogP contribution >= 0.6 is 11.6 Å². The molecule has 0 atom stereocenters. The number of ether oxygens (including phenoxy) is 3. The second-order valence-electron chi connectivity index (χ2n) is 5.89. The Kier molecular flexibility index (Phi) is 6.03. The van der Waals surface area contributed by atoms with Crippen molar-refractivity contribution in [2.24, 2.45) is 5.73 Å². The average molecular weight is 391 g/mol. The molecule has 7 nitrogen and oxygen atoms in total. The number of fused-ring (bicyclic) bond motifs is 1. The fraction of sp³-hybridized carbons (Fsp3) is 0.263. The maximum absolute atomic E-state index is 12.2. The van der Waals surface area contributed by atoms with Gasteiger partial charge in [-0.15, -0.1) is 0 Å². The first-order valence-electron chi connectivity index (χ1n) is 8.40. The van der Waals surface area contributed by atoms with Crippen LogP contribution in [0.3, 0.4) is 0 Å². The zero-order valence-corrected chi connectivity index (χ0v) is 15.3. The van der Waals surface area contributed by atoms with Crippen molar-refractivity contribution in [3.63, 3.8) is 0 Å². The Morgan fingerprint density at radius 3 is 2.63 bits per heavy atom. The van der Waals surface area contributed by atoms with Gasteiger partial charge in [-0.2, -0.15) is 0 Å². The van der Waals surface area contributed by atoms with E-state index in [1.54, 1.807) is 24.3 Å². The van der Waals surface area contributed by atoms with Gasteiger partial charge in [0, 0.05) is 12.1 Å². The molecule has 1 heterocycles. The first-order valence-corrected chi connectivity index (χ1v) is 8.78. The molecule has 0 spiro atoms. The first-order chi connectivity index (χ1) is 13.0. The third-order valence-corrected chi connectivity index (χ3v) is 4.13. The van der Waals surface area contributed by atoms with Crippen molar-refractivity contribution < 1.29 is 23.8 Å². The summed E-state index contributed by atoms with van der Waals surface area (Å²) in [5, 5.41) is 3.35. The molecule has 0 aliphatic carbocycles. The van der Waals surface area contributed by atoms with E-state index < -0.39 is 5.91 Å². The van der Waals surface area contributed by atoms with Gasteiger partial charge in [0.05, 0.1) is 5.02 Å². The third-order valence-electron chi connectivity index (χ3n) is 3.85. The molecule has 0 saturated carbocycles. The Labute approximate surface area is 161 Å². The zero-order valence-electron chi connectivity index (χ0n) is 14.5. The van der Waals surface area contributed by atoms with Crippen LogP contribution in [0.25, 0.3) is 0 Å². The van der Waals surface area contributed by atoms with Crippen molar-refractivity contribution >= 4 is 23.4 Å². The molecular formula is C19H19ClN2O5. The fourth-order valence-corrected chi connectivity index (χ4v) is 2.88. The maximum Gasteiger partial charge on any atom is 0.255 e. The van der Waals surface area contributed by atoms with Crippen LogP contribution in [0.2, 0.25) is 5.02 Å². The summed E-state index contributed by atoms with van der Waals surface area (Å²) in [5.74, 6) is 0.892. The Hall–Kier alpha value is -2.93. The number of carbonyl (C=O) groups is 2. The topological polar surface area (TPSA) is 99.9 Å². The van der Waals surface area contributed by atoms with Crippen molar-refractivity contribution in [2.45, 2.75) is 6.42 Å². The smallest absolute Gasteiger partial charge is 0.255 e. The van der Waals surface area contributed by atoms with Gasteiger partial charge < -0.3 is 25.3 Å². The van der Waals surface area contributed by atoms with Crippen LogP contribution in [0.15, 0.2) is 36.4 Å². The Balaban J connectivity index is 1.52. The molecule has 0 radical (unpaired) electrons. The molecule has 2 aromatic rings. The summed E-state index contributed by atoms with van der Waals surface area (Å²) in [6.07, 6.45) is 0.599. The van der Waals surface area contributed by atoms with Gasteiger partial charge in [-0.25, -0.2) is 0 Å². The summed E-state index contributed by atoms with van der Waals surface area (Å²) in [6.45, 7) is 1.20. The van der Waals surface area contributed by atoms with E-state index in [0.717, 1.165) is 5.56 Å². The predicted octanol–water partition coefficient (Wildman–Crippen LogP) is 1.95. The number of nitrogens with one attached hydrogen (secondary N) is 1. The number of hydrogen-bond acceptors (Lipinski definition) is 5. The summed E-state index contributed by atoms with van der Waals surface area (Å²) in [5.41, 5.74) is 6.45. The number of carbonyl (C=O) groups excluding carboxylic acids is 2. The predicted molar refractivity (Wildman–Crippen MR) is 99.6 cm³/mol. The lowest BCUT2D eigenvalue weighted by Gasteiger charge is -2.20. The number of halogens is 1. The van der Waals surface area contributed by atoms with E-state index in [4.69, 9.17) is 31.5 Å². The van der Waals surface area contributed by atoms with Gasteiger partial charge in [0.25, 0.3) is 11.8 Å². The third kappa shape index (κ3) is 5.04. The minimum atomic E-state index is -0.559. The highest BCUT2D eigenvalue weighted by atomic mass is 35.5. The SMILES string of the molecule is NC(=O)COc1ccc(C(=O)NCCc2cc(Cl)c3c(c2)OCCO3)cc1. The fourth-order valence-electron chi connectivity index (χ4n) is 2.59. The van der Waals surface area contributed by atoms with Crippen molar-refractivity contribution in [3.05, 3.63) is 52.5 Å². The van der Waals surface area contributed by atoms with Crippen LogP contribution < -0.4 is 25.3 Å². The molecule has 1 aliphatic heterocycles. The van der Waals surface area contributed by atoms with Crippen LogP contribution in [0.5, 0.6) is 17.2 Å². The molecule has 3 rings (SSSR count). The number of amides is 2. The van der Waals surface area contributed by atoms with Crippen LogP contribution in [-0.4, -0.2) is 38.2 Å². The van der Waals surface area contributed by atoms with E-state index in [2.05, 4.69) is 5.32 Å². The molecule has 0 bridgehead atoms. The molecule has 0 saturated heterocycles. The standard InChI is InChI=1S/C19H19ClN2O5/c20-15-9-12(10-16-18(15)26-8-7-25-16)5-6-22-19(24)13-1-3-14(4-2-13)27-11-17(21)23/h1-4,9-10H,5-8,11H2,(H2,21,23)(H,22,24). The van der Waals surface area contributed by atoms with Gasteiger partial charge in [0.15, 0.2) is 18.1 Å². The quantitative estimate of drug-likeness (QED) is 0.752. The van der Waals surface area contributed by atoms with E-state index in [9.17, 15) is 9.59 Å². The molecule has 8 heteroatoms. The lowest BCUT2D eigenvalue weighted by atomic mass is 10.1. The number of primary amides is 1. The highest BCUT2D eigenvalue weighted by molar-refractivity contribution is 6.32. The number of hydrogen-bond donors (Lipinski definition) is 2. The summed E-state index contributed by atoms with van der Waals surface area (Å²) < 4.78 is 16.2. The van der Waals surface area contributed by atoms with Gasteiger partial charge >= 0.3 is 0 Å². The second-order valence-corrected chi connectivity index (χ2v) is 6.29.